The highest BCUT2D eigenvalue weighted by Gasteiger charge is 2.43. The molecule has 2 saturated heterocycles. The molecule has 1 atom stereocenters. The Labute approximate surface area is 251 Å². The second kappa shape index (κ2) is 11.7. The van der Waals surface area contributed by atoms with E-state index in [1.165, 1.54) is 0 Å². The van der Waals surface area contributed by atoms with Crippen molar-refractivity contribution in [2.75, 3.05) is 63.4 Å². The molecule has 0 bridgehead atoms. The number of pyridine rings is 1. The normalized spacial score (nSPS) is 20.0. The lowest BCUT2D eigenvalue weighted by atomic mass is 9.90. The summed E-state index contributed by atoms with van der Waals surface area (Å²) in [6.07, 6.45) is 4.27. The Morgan fingerprint density at radius 3 is 2.70 bits per heavy atom. The number of likely N-dealkylation sites (tertiary alicyclic amines) is 1. The molecule has 5 heterocycles. The second-order valence-corrected chi connectivity index (χ2v) is 12.3. The Balaban J connectivity index is 1.30. The summed E-state index contributed by atoms with van der Waals surface area (Å²) in [5, 5.41) is 0.561. The van der Waals surface area contributed by atoms with E-state index in [2.05, 4.69) is 9.88 Å². The van der Waals surface area contributed by atoms with Crippen molar-refractivity contribution in [2.45, 2.75) is 57.6 Å². The average Bonchev–Trinajstić information content (AvgIpc) is 3.49. The lowest BCUT2D eigenvalue weighted by Gasteiger charge is -2.34. The number of carbonyl (C=O) groups is 2. The van der Waals surface area contributed by atoms with E-state index in [4.69, 9.17) is 14.5 Å². The van der Waals surface area contributed by atoms with Crippen molar-refractivity contribution in [3.8, 4) is 0 Å². The van der Waals surface area contributed by atoms with E-state index >= 15 is 0 Å². The lowest BCUT2D eigenvalue weighted by molar-refractivity contribution is -0.127. The Hall–Kier alpha value is -3.83. The van der Waals surface area contributed by atoms with Gasteiger partial charge in [0.25, 0.3) is 5.56 Å². The highest BCUT2D eigenvalue weighted by molar-refractivity contribution is 6.06. The van der Waals surface area contributed by atoms with Crippen LogP contribution in [0.2, 0.25) is 0 Å². The minimum absolute atomic E-state index is 0.0124. The van der Waals surface area contributed by atoms with Crippen LogP contribution in [0.25, 0.3) is 10.9 Å². The third kappa shape index (κ3) is 5.51. The Morgan fingerprint density at radius 1 is 1.09 bits per heavy atom. The van der Waals surface area contributed by atoms with Crippen molar-refractivity contribution >= 4 is 34.1 Å². The van der Waals surface area contributed by atoms with E-state index in [-0.39, 0.29) is 23.5 Å². The lowest BCUT2D eigenvalue weighted by Crippen LogP contribution is -2.44. The number of amides is 2. The maximum absolute atomic E-state index is 13.9. The number of benzene rings is 1. The highest BCUT2D eigenvalue weighted by atomic mass is 16.5. The van der Waals surface area contributed by atoms with Gasteiger partial charge < -0.3 is 24.2 Å². The van der Waals surface area contributed by atoms with Crippen LogP contribution in [-0.4, -0.2) is 90.9 Å². The number of aromatic nitrogens is 3. The van der Waals surface area contributed by atoms with Gasteiger partial charge in [0.1, 0.15) is 5.82 Å². The molecule has 2 amide bonds. The Kier molecular flexibility index (Phi) is 7.95. The van der Waals surface area contributed by atoms with Gasteiger partial charge in [-0.1, -0.05) is 0 Å². The summed E-state index contributed by atoms with van der Waals surface area (Å²) in [5.74, 6) is 0.836. The molecule has 11 heteroatoms. The van der Waals surface area contributed by atoms with E-state index in [0.29, 0.717) is 68.8 Å². The number of likely N-dealkylation sites (N-methyl/N-ethyl adjacent to an activating group) is 1. The number of rotatable bonds is 9. The van der Waals surface area contributed by atoms with Gasteiger partial charge in [0.05, 0.1) is 47.0 Å². The number of nitrogens with zero attached hydrogens (tertiary/aromatic N) is 6. The van der Waals surface area contributed by atoms with Crippen LogP contribution in [0.1, 0.15) is 43.8 Å². The zero-order valence-corrected chi connectivity index (χ0v) is 25.5. The maximum Gasteiger partial charge on any atom is 0.261 e. The molecule has 2 fully saturated rings. The van der Waals surface area contributed by atoms with Gasteiger partial charge in [0.2, 0.25) is 11.8 Å². The summed E-state index contributed by atoms with van der Waals surface area (Å²) < 4.78 is 12.9. The van der Waals surface area contributed by atoms with Crippen LogP contribution < -0.4 is 15.4 Å². The molecule has 3 aliphatic rings. The minimum Gasteiger partial charge on any atom is -0.382 e. The fraction of sp³-hybridized carbons (Fsp3) is 0.531. The van der Waals surface area contributed by atoms with Gasteiger partial charge in [-0.3, -0.25) is 23.9 Å². The van der Waals surface area contributed by atoms with Gasteiger partial charge >= 0.3 is 0 Å². The first-order chi connectivity index (χ1) is 20.7. The molecule has 0 unspecified atom stereocenters. The molecule has 2 aromatic heterocycles. The predicted octanol–water partition coefficient (Wildman–Crippen LogP) is 2.30. The third-order valence-electron chi connectivity index (χ3n) is 8.99. The minimum atomic E-state index is -0.660. The monoisotopic (exact) mass is 588 g/mol. The zero-order chi connectivity index (χ0) is 30.3. The van der Waals surface area contributed by atoms with Crippen molar-refractivity contribution < 1.29 is 19.1 Å². The summed E-state index contributed by atoms with van der Waals surface area (Å²) in [4.78, 5) is 54.5. The molecule has 6 rings (SSSR count). The summed E-state index contributed by atoms with van der Waals surface area (Å²) in [5.41, 5.74) is 3.41. The van der Waals surface area contributed by atoms with Crippen LogP contribution >= 0.6 is 0 Å². The number of fused-ring (bicyclic) bond motifs is 2. The topological polar surface area (TPSA) is 110 Å². The first kappa shape index (κ1) is 29.3. The first-order valence-corrected chi connectivity index (χ1v) is 15.1. The fourth-order valence-electron chi connectivity index (χ4n) is 6.53. The molecular weight excluding hydrogens is 548 g/mol. The SMILES string of the molecule is COC[C@H]1CN(c2ccc3c(=O)n(CCc4cnc5c(c4)N(C)C(=O)C5(C)C)c(CCN4CCCC4=O)nc3c2)CCO1. The predicted molar refractivity (Wildman–Crippen MR) is 164 cm³/mol. The zero-order valence-electron chi connectivity index (χ0n) is 25.5. The summed E-state index contributed by atoms with van der Waals surface area (Å²) in [6, 6.07) is 7.83. The number of morpholine rings is 1. The fourth-order valence-corrected chi connectivity index (χ4v) is 6.53. The molecule has 0 radical (unpaired) electrons. The average molecular weight is 589 g/mol. The molecule has 1 aromatic carbocycles. The number of hydrogen-bond acceptors (Lipinski definition) is 8. The van der Waals surface area contributed by atoms with Gasteiger partial charge in [-0.05, 0) is 56.5 Å². The molecule has 43 heavy (non-hydrogen) atoms. The molecule has 0 saturated carbocycles. The highest BCUT2D eigenvalue weighted by Crippen LogP contribution is 2.39. The van der Waals surface area contributed by atoms with Crippen LogP contribution in [0.3, 0.4) is 0 Å². The number of hydrogen-bond donors (Lipinski definition) is 0. The van der Waals surface area contributed by atoms with Crippen LogP contribution in [0, 0.1) is 0 Å². The number of ether oxygens (including phenoxy) is 2. The van der Waals surface area contributed by atoms with Gasteiger partial charge in [0.15, 0.2) is 0 Å². The van der Waals surface area contributed by atoms with E-state index in [1.807, 2.05) is 43.0 Å². The molecule has 3 aromatic rings. The maximum atomic E-state index is 13.9. The van der Waals surface area contributed by atoms with Crippen LogP contribution in [0.4, 0.5) is 11.4 Å². The standard InChI is InChI=1S/C32H40N6O5/c1-32(2)29-26(35(3)31(32)41)16-21(18-33-29)9-13-38-27(10-12-36-11-5-6-28(36)39)34-25-17-22(7-8-24(25)30(38)40)37-14-15-43-23(19-37)20-42-4/h7-8,16-18,23H,5-6,9-15,19-20H2,1-4H3/t23-/m1/s1. The van der Waals surface area contributed by atoms with Crippen LogP contribution in [-0.2, 0) is 43.9 Å². The largest absolute Gasteiger partial charge is 0.382 e. The van der Waals surface area contributed by atoms with Crippen molar-refractivity contribution in [1.82, 2.24) is 19.4 Å². The Bertz CT molecular complexity index is 1620. The third-order valence-corrected chi connectivity index (χ3v) is 8.99. The number of methoxy groups -OCH3 is 1. The van der Waals surface area contributed by atoms with E-state index in [0.717, 1.165) is 42.1 Å². The van der Waals surface area contributed by atoms with Gasteiger partial charge in [0, 0.05) is 71.6 Å². The smallest absolute Gasteiger partial charge is 0.261 e. The number of carbonyl (C=O) groups excluding carboxylic acids is 2. The molecule has 3 aliphatic heterocycles. The number of anilines is 2. The van der Waals surface area contributed by atoms with Crippen LogP contribution in [0.15, 0.2) is 35.3 Å². The van der Waals surface area contributed by atoms with Gasteiger partial charge in [-0.15, -0.1) is 0 Å². The summed E-state index contributed by atoms with van der Waals surface area (Å²) >= 11 is 0. The van der Waals surface area contributed by atoms with Crippen molar-refractivity contribution in [3.63, 3.8) is 0 Å². The van der Waals surface area contributed by atoms with Crippen molar-refractivity contribution in [1.29, 1.82) is 0 Å². The molecule has 0 N–H and O–H groups in total. The Morgan fingerprint density at radius 2 is 1.93 bits per heavy atom. The van der Waals surface area contributed by atoms with Crippen molar-refractivity contribution in [2.24, 2.45) is 0 Å². The molecule has 0 aliphatic carbocycles. The summed E-state index contributed by atoms with van der Waals surface area (Å²) in [7, 11) is 3.45. The summed E-state index contributed by atoms with van der Waals surface area (Å²) in [6.45, 7) is 8.05. The quantitative estimate of drug-likeness (QED) is 0.375. The van der Waals surface area contributed by atoms with Gasteiger partial charge in [-0.25, -0.2) is 4.98 Å². The van der Waals surface area contributed by atoms with Crippen LogP contribution in [0.5, 0.6) is 0 Å². The second-order valence-electron chi connectivity index (χ2n) is 12.3. The molecule has 0 spiro atoms. The van der Waals surface area contributed by atoms with E-state index < -0.39 is 5.41 Å². The van der Waals surface area contributed by atoms with Crippen molar-refractivity contribution in [3.05, 3.63) is 57.9 Å². The molecular formula is C32H40N6O5. The molecule has 228 valence electrons. The van der Waals surface area contributed by atoms with E-state index in [9.17, 15) is 14.4 Å². The van der Waals surface area contributed by atoms with Gasteiger partial charge in [-0.2, -0.15) is 0 Å². The molecule has 11 nitrogen and oxygen atoms in total. The van der Waals surface area contributed by atoms with E-state index in [1.54, 1.807) is 29.8 Å². The number of aryl methyl sites for hydroxylation is 1. The first-order valence-electron chi connectivity index (χ1n) is 15.1.